The van der Waals surface area contributed by atoms with Crippen molar-refractivity contribution in [1.82, 2.24) is 14.9 Å². The average molecular weight is 412 g/mol. The standard InChI is InChI=1S/C15H17N5O2S.BrH/c1-2-3-4-8-14-16-17-15-19(14)18-13(10-23-15)11-6-5-7-12(9-11)20(21)22;/h5-7,9H,2-4,8,10H2,1H3;1H. The molecule has 2 heterocycles. The van der Waals surface area contributed by atoms with E-state index in [4.69, 9.17) is 0 Å². The van der Waals surface area contributed by atoms with Crippen LogP contribution in [0.3, 0.4) is 0 Å². The molecule has 0 spiro atoms. The lowest BCUT2D eigenvalue weighted by atomic mass is 10.1. The first kappa shape index (κ1) is 18.6. The van der Waals surface area contributed by atoms with Crippen LogP contribution in [0.25, 0.3) is 0 Å². The number of hydrogen-bond donors (Lipinski definition) is 0. The highest BCUT2D eigenvalue weighted by Crippen LogP contribution is 2.25. The zero-order valence-electron chi connectivity index (χ0n) is 13.2. The van der Waals surface area contributed by atoms with Crippen molar-refractivity contribution in [1.29, 1.82) is 0 Å². The number of fused-ring (bicyclic) bond motifs is 1. The smallest absolute Gasteiger partial charge is 0.258 e. The molecule has 1 aromatic heterocycles. The van der Waals surface area contributed by atoms with Crippen LogP contribution >= 0.6 is 28.7 Å². The normalized spacial score (nSPS) is 13.0. The zero-order chi connectivity index (χ0) is 16.2. The van der Waals surface area contributed by atoms with E-state index in [1.54, 1.807) is 28.6 Å². The van der Waals surface area contributed by atoms with Crippen LogP contribution < -0.4 is 0 Å². The maximum absolute atomic E-state index is 10.9. The topological polar surface area (TPSA) is 86.2 Å². The molecule has 1 aromatic carbocycles. The molecule has 0 amide bonds. The van der Waals surface area contributed by atoms with Gasteiger partial charge in [0.1, 0.15) is 0 Å². The van der Waals surface area contributed by atoms with Crippen molar-refractivity contribution >= 4 is 40.1 Å². The highest BCUT2D eigenvalue weighted by atomic mass is 79.9. The number of nitro benzene ring substituents is 1. The van der Waals surface area contributed by atoms with Gasteiger partial charge in [0.2, 0.25) is 5.16 Å². The molecule has 0 radical (unpaired) electrons. The number of nitro groups is 1. The largest absolute Gasteiger partial charge is 0.270 e. The molecule has 0 atom stereocenters. The van der Waals surface area contributed by atoms with Gasteiger partial charge in [-0.3, -0.25) is 10.1 Å². The number of hydrogen-bond acceptors (Lipinski definition) is 6. The Labute approximate surface area is 154 Å². The number of halogens is 1. The molecular formula is C15H18BrN5O2S. The summed E-state index contributed by atoms with van der Waals surface area (Å²) in [5.74, 6) is 1.48. The van der Waals surface area contributed by atoms with Gasteiger partial charge in [-0.15, -0.1) is 27.2 Å². The molecule has 24 heavy (non-hydrogen) atoms. The first-order valence-corrected chi connectivity index (χ1v) is 8.57. The Balaban J connectivity index is 0.00000208. The monoisotopic (exact) mass is 411 g/mol. The maximum atomic E-state index is 10.9. The highest BCUT2D eigenvalue weighted by Gasteiger charge is 2.20. The minimum atomic E-state index is -0.388. The third kappa shape index (κ3) is 4.02. The lowest BCUT2D eigenvalue weighted by Crippen LogP contribution is -2.14. The van der Waals surface area contributed by atoms with Crippen LogP contribution in [-0.4, -0.2) is 31.3 Å². The molecule has 0 fully saturated rings. The Bertz CT molecular complexity index is 762. The van der Waals surface area contributed by atoms with Gasteiger partial charge in [-0.25, -0.2) is 0 Å². The second kappa shape index (κ2) is 8.39. The Hall–Kier alpha value is -1.74. The van der Waals surface area contributed by atoms with E-state index in [1.807, 2.05) is 6.07 Å². The van der Waals surface area contributed by atoms with E-state index in [0.717, 1.165) is 47.9 Å². The van der Waals surface area contributed by atoms with E-state index < -0.39 is 0 Å². The molecule has 0 saturated carbocycles. The average Bonchev–Trinajstić information content (AvgIpc) is 2.97. The number of thioether (sulfide) groups is 1. The number of benzene rings is 1. The first-order valence-electron chi connectivity index (χ1n) is 7.59. The Kier molecular flexibility index (Phi) is 6.50. The van der Waals surface area contributed by atoms with E-state index in [9.17, 15) is 10.1 Å². The Morgan fingerprint density at radius 2 is 2.17 bits per heavy atom. The van der Waals surface area contributed by atoms with Crippen molar-refractivity contribution in [3.63, 3.8) is 0 Å². The molecule has 1 aliphatic heterocycles. The molecule has 7 nitrogen and oxygen atoms in total. The molecule has 9 heteroatoms. The summed E-state index contributed by atoms with van der Waals surface area (Å²) >= 11 is 1.55. The highest BCUT2D eigenvalue weighted by molar-refractivity contribution is 8.93. The molecule has 0 aliphatic carbocycles. The summed E-state index contributed by atoms with van der Waals surface area (Å²) in [6.07, 6.45) is 4.20. The van der Waals surface area contributed by atoms with Crippen LogP contribution in [0.15, 0.2) is 34.5 Å². The fourth-order valence-electron chi connectivity index (χ4n) is 2.40. The Morgan fingerprint density at radius 1 is 1.33 bits per heavy atom. The van der Waals surface area contributed by atoms with Crippen molar-refractivity contribution < 1.29 is 4.92 Å². The molecular weight excluding hydrogens is 394 g/mol. The van der Waals surface area contributed by atoms with Gasteiger partial charge in [-0.1, -0.05) is 43.7 Å². The number of aromatic nitrogens is 3. The van der Waals surface area contributed by atoms with Crippen molar-refractivity contribution in [3.05, 3.63) is 45.8 Å². The Morgan fingerprint density at radius 3 is 2.92 bits per heavy atom. The summed E-state index contributed by atoms with van der Waals surface area (Å²) in [5.41, 5.74) is 1.65. The minimum absolute atomic E-state index is 0. The third-order valence-corrected chi connectivity index (χ3v) is 4.56. The quantitative estimate of drug-likeness (QED) is 0.409. The van der Waals surface area contributed by atoms with E-state index in [1.165, 1.54) is 6.07 Å². The second-order valence-corrected chi connectivity index (χ2v) is 6.25. The van der Waals surface area contributed by atoms with Gasteiger partial charge in [0, 0.05) is 29.9 Å². The van der Waals surface area contributed by atoms with Crippen LogP contribution in [0.5, 0.6) is 0 Å². The van der Waals surface area contributed by atoms with Crippen LogP contribution in [0.1, 0.15) is 37.6 Å². The van der Waals surface area contributed by atoms with Gasteiger partial charge in [0.15, 0.2) is 5.82 Å². The lowest BCUT2D eigenvalue weighted by Gasteiger charge is -2.13. The number of unbranched alkanes of at least 4 members (excludes halogenated alkanes) is 2. The summed E-state index contributed by atoms with van der Waals surface area (Å²) < 4.78 is 1.78. The number of nitrogens with zero attached hydrogens (tertiary/aromatic N) is 5. The van der Waals surface area contributed by atoms with Gasteiger partial charge < -0.3 is 0 Å². The number of aryl methyl sites for hydroxylation is 1. The van der Waals surface area contributed by atoms with Gasteiger partial charge >= 0.3 is 0 Å². The number of rotatable bonds is 6. The summed E-state index contributed by atoms with van der Waals surface area (Å²) in [4.78, 5) is 10.5. The van der Waals surface area contributed by atoms with E-state index >= 15 is 0 Å². The fraction of sp³-hybridized carbons (Fsp3) is 0.400. The van der Waals surface area contributed by atoms with Crippen molar-refractivity contribution in [2.45, 2.75) is 37.8 Å². The third-order valence-electron chi connectivity index (χ3n) is 3.63. The molecule has 128 valence electrons. The van der Waals surface area contributed by atoms with Crippen molar-refractivity contribution in [2.75, 3.05) is 5.75 Å². The molecule has 2 aromatic rings. The maximum Gasteiger partial charge on any atom is 0.270 e. The predicted molar refractivity (Wildman–Crippen MR) is 99.3 cm³/mol. The van der Waals surface area contributed by atoms with E-state index in [-0.39, 0.29) is 27.6 Å². The summed E-state index contributed by atoms with van der Waals surface area (Å²) in [6, 6.07) is 6.58. The number of non-ortho nitro benzene ring substituents is 1. The second-order valence-electron chi connectivity index (χ2n) is 5.31. The molecule has 3 rings (SSSR count). The predicted octanol–water partition coefficient (Wildman–Crippen LogP) is 3.86. The van der Waals surface area contributed by atoms with E-state index in [2.05, 4.69) is 22.2 Å². The van der Waals surface area contributed by atoms with Gasteiger partial charge in [0.25, 0.3) is 5.69 Å². The van der Waals surface area contributed by atoms with Gasteiger partial charge in [0.05, 0.1) is 10.6 Å². The zero-order valence-corrected chi connectivity index (χ0v) is 15.7. The van der Waals surface area contributed by atoms with Crippen LogP contribution in [0.4, 0.5) is 5.69 Å². The van der Waals surface area contributed by atoms with Crippen molar-refractivity contribution in [3.8, 4) is 0 Å². The summed E-state index contributed by atoms with van der Waals surface area (Å²) in [5, 5.41) is 24.7. The fourth-order valence-corrected chi connectivity index (χ4v) is 3.25. The minimum Gasteiger partial charge on any atom is -0.258 e. The SMILES string of the molecule is Br.CCCCCc1nnc2n1N=C(c1cccc([N+](=O)[O-])c1)CS2. The lowest BCUT2D eigenvalue weighted by molar-refractivity contribution is -0.384. The van der Waals surface area contributed by atoms with Crippen LogP contribution in [0, 0.1) is 10.1 Å². The molecule has 0 saturated heterocycles. The van der Waals surface area contributed by atoms with Gasteiger partial charge in [-0.2, -0.15) is 9.78 Å². The molecule has 0 bridgehead atoms. The van der Waals surface area contributed by atoms with Gasteiger partial charge in [-0.05, 0) is 6.42 Å². The van der Waals surface area contributed by atoms with Crippen molar-refractivity contribution in [2.24, 2.45) is 5.10 Å². The molecule has 0 unspecified atom stereocenters. The molecule has 0 N–H and O–H groups in total. The van der Waals surface area contributed by atoms with E-state index in [0.29, 0.717) is 5.75 Å². The van der Waals surface area contributed by atoms with Crippen LogP contribution in [0.2, 0.25) is 0 Å². The summed E-state index contributed by atoms with van der Waals surface area (Å²) in [6.45, 7) is 2.16. The molecule has 1 aliphatic rings. The summed E-state index contributed by atoms with van der Waals surface area (Å²) in [7, 11) is 0. The first-order chi connectivity index (χ1) is 11.2. The van der Waals surface area contributed by atoms with Crippen LogP contribution in [-0.2, 0) is 6.42 Å².